The van der Waals surface area contributed by atoms with E-state index in [2.05, 4.69) is 5.32 Å². The number of anilines is 1. The third-order valence-corrected chi connectivity index (χ3v) is 3.27. The van der Waals surface area contributed by atoms with Crippen molar-refractivity contribution in [2.45, 2.75) is 13.5 Å². The minimum atomic E-state index is -0.993. The van der Waals surface area contributed by atoms with Crippen molar-refractivity contribution in [3.63, 3.8) is 0 Å². The molecule has 0 aromatic heterocycles. The monoisotopic (exact) mass is 293 g/mol. The van der Waals surface area contributed by atoms with E-state index in [9.17, 15) is 9.18 Å². The third kappa shape index (κ3) is 3.27. The summed E-state index contributed by atoms with van der Waals surface area (Å²) in [7, 11) is 0. The molecule has 0 atom stereocenters. The maximum atomic E-state index is 13.5. The first-order chi connectivity index (χ1) is 9.47. The highest BCUT2D eigenvalue weighted by molar-refractivity contribution is 6.31. The number of aromatic carboxylic acids is 1. The highest BCUT2D eigenvalue weighted by Crippen LogP contribution is 2.22. The average Bonchev–Trinajstić information content (AvgIpc) is 2.41. The number of carbonyl (C=O) groups is 1. The van der Waals surface area contributed by atoms with Crippen LogP contribution in [-0.2, 0) is 6.54 Å². The number of nitrogens with one attached hydrogen (secondary N) is 1. The molecule has 2 N–H and O–H groups in total. The summed E-state index contributed by atoms with van der Waals surface area (Å²) >= 11 is 6.05. The summed E-state index contributed by atoms with van der Waals surface area (Å²) in [6, 6.07) is 9.36. The number of hydrogen-bond acceptors (Lipinski definition) is 2. The molecule has 0 aliphatic heterocycles. The molecule has 0 amide bonds. The van der Waals surface area contributed by atoms with Gasteiger partial charge >= 0.3 is 5.97 Å². The second kappa shape index (κ2) is 5.92. The minimum absolute atomic E-state index is 0.191. The van der Waals surface area contributed by atoms with Crippen LogP contribution in [0.3, 0.4) is 0 Å². The lowest BCUT2D eigenvalue weighted by Crippen LogP contribution is -2.03. The predicted molar refractivity (Wildman–Crippen MR) is 76.9 cm³/mol. The van der Waals surface area contributed by atoms with Gasteiger partial charge in [0.2, 0.25) is 0 Å². The largest absolute Gasteiger partial charge is 0.478 e. The zero-order chi connectivity index (χ0) is 14.7. The number of carboxylic acids is 1. The quantitative estimate of drug-likeness (QED) is 0.892. The molecule has 0 saturated heterocycles. The molecular formula is C15H13ClFNO2. The van der Waals surface area contributed by atoms with E-state index in [1.807, 2.05) is 0 Å². The van der Waals surface area contributed by atoms with Gasteiger partial charge in [0.05, 0.1) is 5.56 Å². The second-order valence-electron chi connectivity index (χ2n) is 4.43. The fraction of sp³-hybridized carbons (Fsp3) is 0.133. The molecule has 0 unspecified atom stereocenters. The van der Waals surface area contributed by atoms with Crippen molar-refractivity contribution in [2.24, 2.45) is 0 Å². The molecule has 0 fully saturated rings. The lowest BCUT2D eigenvalue weighted by atomic mass is 10.1. The summed E-state index contributed by atoms with van der Waals surface area (Å²) in [5, 5.41) is 12.4. The number of rotatable bonds is 4. The highest BCUT2D eigenvalue weighted by atomic mass is 35.5. The molecule has 5 heteroatoms. The van der Waals surface area contributed by atoms with Gasteiger partial charge in [-0.1, -0.05) is 17.7 Å². The molecule has 104 valence electrons. The zero-order valence-electron chi connectivity index (χ0n) is 10.8. The highest BCUT2D eigenvalue weighted by Gasteiger charge is 2.07. The van der Waals surface area contributed by atoms with Gasteiger partial charge in [-0.05, 0) is 48.4 Å². The summed E-state index contributed by atoms with van der Waals surface area (Å²) < 4.78 is 13.5. The van der Waals surface area contributed by atoms with Gasteiger partial charge in [0, 0.05) is 17.3 Å². The van der Waals surface area contributed by atoms with Crippen LogP contribution in [0.4, 0.5) is 10.1 Å². The van der Waals surface area contributed by atoms with Gasteiger partial charge in [-0.2, -0.15) is 0 Å². The molecule has 2 aromatic carbocycles. The van der Waals surface area contributed by atoms with Crippen LogP contribution in [0.15, 0.2) is 36.4 Å². The summed E-state index contributed by atoms with van der Waals surface area (Å²) in [4.78, 5) is 10.9. The van der Waals surface area contributed by atoms with Crippen molar-refractivity contribution in [1.82, 2.24) is 0 Å². The number of aryl methyl sites for hydroxylation is 1. The fourth-order valence-electron chi connectivity index (χ4n) is 1.78. The summed E-state index contributed by atoms with van der Waals surface area (Å²) in [6.45, 7) is 1.97. The number of hydrogen-bond donors (Lipinski definition) is 2. The Bertz CT molecular complexity index is 658. The smallest absolute Gasteiger partial charge is 0.335 e. The van der Waals surface area contributed by atoms with E-state index < -0.39 is 5.97 Å². The molecule has 2 rings (SSSR count). The van der Waals surface area contributed by atoms with Gasteiger partial charge in [-0.15, -0.1) is 0 Å². The van der Waals surface area contributed by atoms with E-state index in [0.717, 1.165) is 0 Å². The zero-order valence-corrected chi connectivity index (χ0v) is 11.5. The standard InChI is InChI=1S/C15H13ClFNO2/c1-9-5-13(16)11(7-14(9)17)8-18-12-4-2-3-10(6-12)15(19)20/h2-7,18H,8H2,1H3,(H,19,20). The Balaban J connectivity index is 2.15. The van der Waals surface area contributed by atoms with E-state index in [4.69, 9.17) is 16.7 Å². The van der Waals surface area contributed by atoms with Crippen LogP contribution >= 0.6 is 11.6 Å². The first-order valence-corrected chi connectivity index (χ1v) is 6.37. The van der Waals surface area contributed by atoms with Crippen LogP contribution in [0, 0.1) is 12.7 Å². The summed E-state index contributed by atoms with van der Waals surface area (Å²) in [6.07, 6.45) is 0. The Morgan fingerprint density at radius 2 is 2.10 bits per heavy atom. The normalized spacial score (nSPS) is 10.3. The van der Waals surface area contributed by atoms with Gasteiger partial charge in [-0.25, -0.2) is 9.18 Å². The Kier molecular flexibility index (Phi) is 4.25. The molecule has 0 radical (unpaired) electrons. The topological polar surface area (TPSA) is 49.3 Å². The van der Waals surface area contributed by atoms with E-state index in [-0.39, 0.29) is 11.4 Å². The Morgan fingerprint density at radius 1 is 1.35 bits per heavy atom. The maximum absolute atomic E-state index is 13.5. The van der Waals surface area contributed by atoms with Gasteiger partial charge in [0.15, 0.2) is 0 Å². The number of halogens is 2. The van der Waals surface area contributed by atoms with E-state index in [0.29, 0.717) is 28.4 Å². The average molecular weight is 294 g/mol. The van der Waals surface area contributed by atoms with Crippen molar-refractivity contribution in [3.05, 3.63) is 63.9 Å². The molecule has 20 heavy (non-hydrogen) atoms. The summed E-state index contributed by atoms with van der Waals surface area (Å²) in [5.41, 5.74) is 1.94. The Hall–Kier alpha value is -2.07. The second-order valence-corrected chi connectivity index (χ2v) is 4.84. The number of carboxylic acid groups (broad SMARTS) is 1. The lowest BCUT2D eigenvalue weighted by molar-refractivity contribution is 0.0697. The minimum Gasteiger partial charge on any atom is -0.478 e. The molecule has 0 heterocycles. The third-order valence-electron chi connectivity index (χ3n) is 2.92. The molecule has 0 aliphatic carbocycles. The van der Waals surface area contributed by atoms with Crippen LogP contribution < -0.4 is 5.32 Å². The molecule has 2 aromatic rings. The molecular weight excluding hydrogens is 281 g/mol. The molecule has 0 aliphatic rings. The van der Waals surface area contributed by atoms with Crippen molar-refractivity contribution >= 4 is 23.3 Å². The van der Waals surface area contributed by atoms with Crippen molar-refractivity contribution in [3.8, 4) is 0 Å². The van der Waals surface area contributed by atoms with Crippen LogP contribution in [0.2, 0.25) is 5.02 Å². The fourth-order valence-corrected chi connectivity index (χ4v) is 2.07. The lowest BCUT2D eigenvalue weighted by Gasteiger charge is -2.10. The maximum Gasteiger partial charge on any atom is 0.335 e. The molecule has 0 saturated carbocycles. The van der Waals surface area contributed by atoms with Gasteiger partial charge in [-0.3, -0.25) is 0 Å². The first-order valence-electron chi connectivity index (χ1n) is 5.99. The van der Waals surface area contributed by atoms with Crippen molar-refractivity contribution < 1.29 is 14.3 Å². The van der Waals surface area contributed by atoms with Crippen LogP contribution in [-0.4, -0.2) is 11.1 Å². The van der Waals surface area contributed by atoms with Crippen molar-refractivity contribution in [2.75, 3.05) is 5.32 Å². The molecule has 3 nitrogen and oxygen atoms in total. The van der Waals surface area contributed by atoms with Crippen LogP contribution in [0.5, 0.6) is 0 Å². The van der Waals surface area contributed by atoms with Gasteiger partial charge in [0.1, 0.15) is 5.82 Å². The molecule has 0 bridgehead atoms. The van der Waals surface area contributed by atoms with Gasteiger partial charge in [0.25, 0.3) is 0 Å². The predicted octanol–water partition coefficient (Wildman–Crippen LogP) is 4.10. The van der Waals surface area contributed by atoms with Crippen LogP contribution in [0.1, 0.15) is 21.5 Å². The van der Waals surface area contributed by atoms with Gasteiger partial charge < -0.3 is 10.4 Å². The van der Waals surface area contributed by atoms with E-state index >= 15 is 0 Å². The first kappa shape index (κ1) is 14.3. The SMILES string of the molecule is Cc1cc(Cl)c(CNc2cccc(C(=O)O)c2)cc1F. The Labute approximate surface area is 121 Å². The van der Waals surface area contributed by atoms with Crippen LogP contribution in [0.25, 0.3) is 0 Å². The van der Waals surface area contributed by atoms with E-state index in [1.165, 1.54) is 18.2 Å². The van der Waals surface area contributed by atoms with E-state index in [1.54, 1.807) is 25.1 Å². The molecule has 0 spiro atoms. The summed E-state index contributed by atoms with van der Waals surface area (Å²) in [5.74, 6) is -1.31. The Morgan fingerprint density at radius 3 is 2.80 bits per heavy atom. The number of benzene rings is 2. The van der Waals surface area contributed by atoms with Crippen molar-refractivity contribution in [1.29, 1.82) is 0 Å².